The maximum Gasteiger partial charge on any atom is 0.143 e. The van der Waals surface area contributed by atoms with Crippen molar-refractivity contribution >= 4 is 23.1 Å². The number of nitrogens with zero attached hydrogens (tertiary/aromatic N) is 3. The first-order valence-electron chi connectivity index (χ1n) is 9.90. The predicted octanol–water partition coefficient (Wildman–Crippen LogP) is 6.15. The molecule has 0 spiro atoms. The molecule has 30 heavy (non-hydrogen) atoms. The summed E-state index contributed by atoms with van der Waals surface area (Å²) in [6.07, 6.45) is 9.76. The van der Waals surface area contributed by atoms with Crippen LogP contribution in [0, 0.1) is 23.3 Å². The molecule has 1 aromatic rings. The zero-order valence-corrected chi connectivity index (χ0v) is 19.4. The third-order valence-electron chi connectivity index (χ3n) is 4.05. The van der Waals surface area contributed by atoms with E-state index in [4.69, 9.17) is 16.3 Å². The highest BCUT2D eigenvalue weighted by molar-refractivity contribution is 6.18. The summed E-state index contributed by atoms with van der Waals surface area (Å²) in [5, 5.41) is 9.26. The molecule has 2 rings (SSSR count). The number of fused-ring (bicyclic) bond motifs is 1. The number of aliphatic imine (C=N–C) groups is 1. The van der Waals surface area contributed by atoms with E-state index in [1.54, 1.807) is 13.0 Å². The Hall–Kier alpha value is -2.95. The Kier molecular flexibility index (Phi) is 10.5. The zero-order chi connectivity index (χ0) is 22.6. The van der Waals surface area contributed by atoms with Crippen LogP contribution >= 0.6 is 11.6 Å². The van der Waals surface area contributed by atoms with E-state index in [1.807, 2.05) is 64.1 Å². The predicted molar refractivity (Wildman–Crippen MR) is 127 cm³/mol. The Morgan fingerprint density at radius 3 is 2.53 bits per heavy atom. The molecule has 0 bridgehead atoms. The lowest BCUT2D eigenvalue weighted by Crippen LogP contribution is -2.35. The van der Waals surface area contributed by atoms with E-state index in [0.29, 0.717) is 18.0 Å². The molecule has 0 fully saturated rings. The molecule has 0 unspecified atom stereocenters. The van der Waals surface area contributed by atoms with Gasteiger partial charge in [0.1, 0.15) is 17.2 Å². The van der Waals surface area contributed by atoms with E-state index in [1.165, 1.54) is 0 Å². The fraction of sp³-hybridized carbons (Fsp3) is 0.360. The summed E-state index contributed by atoms with van der Waals surface area (Å²) in [6.45, 7) is 12.5. The van der Waals surface area contributed by atoms with Crippen LogP contribution in [-0.2, 0) is 0 Å². The second-order valence-corrected chi connectivity index (χ2v) is 7.17. The fourth-order valence-corrected chi connectivity index (χ4v) is 3.00. The smallest absolute Gasteiger partial charge is 0.143 e. The Bertz CT molecular complexity index is 937. The lowest BCUT2D eigenvalue weighted by atomic mass is 9.96. The molecular weight excluding hydrogens is 394 g/mol. The average molecular weight is 424 g/mol. The molecule has 0 saturated heterocycles. The van der Waals surface area contributed by atoms with Gasteiger partial charge >= 0.3 is 0 Å². The van der Waals surface area contributed by atoms with Gasteiger partial charge < -0.3 is 9.64 Å². The van der Waals surface area contributed by atoms with Gasteiger partial charge in [-0.2, -0.15) is 10.3 Å². The highest BCUT2D eigenvalue weighted by Crippen LogP contribution is 2.38. The maximum atomic E-state index is 9.26. The number of nitriles is 1. The van der Waals surface area contributed by atoms with Crippen LogP contribution in [0.5, 0.6) is 5.75 Å². The van der Waals surface area contributed by atoms with Gasteiger partial charge in [0.15, 0.2) is 0 Å². The average Bonchev–Trinajstić information content (AvgIpc) is 2.72. The Labute approximate surface area is 186 Å². The monoisotopic (exact) mass is 423 g/mol. The quantitative estimate of drug-likeness (QED) is 0.192. The molecule has 1 aromatic carbocycles. The van der Waals surface area contributed by atoms with Gasteiger partial charge in [-0.15, -0.1) is 11.6 Å². The summed E-state index contributed by atoms with van der Waals surface area (Å²) in [5.41, 5.74) is 2.01. The van der Waals surface area contributed by atoms with Crippen molar-refractivity contribution in [3.63, 3.8) is 0 Å². The van der Waals surface area contributed by atoms with Gasteiger partial charge in [-0.05, 0) is 71.9 Å². The van der Waals surface area contributed by atoms with E-state index in [-0.39, 0.29) is 0 Å². The van der Waals surface area contributed by atoms with Crippen molar-refractivity contribution in [2.45, 2.75) is 47.1 Å². The molecular formula is C25H30ClN3O. The summed E-state index contributed by atoms with van der Waals surface area (Å²) in [4.78, 5) is 6.48. The van der Waals surface area contributed by atoms with Gasteiger partial charge in [0.25, 0.3) is 0 Å². The van der Waals surface area contributed by atoms with Gasteiger partial charge in [0, 0.05) is 24.0 Å². The molecule has 0 aliphatic carbocycles. The van der Waals surface area contributed by atoms with Gasteiger partial charge in [-0.3, -0.25) is 0 Å². The van der Waals surface area contributed by atoms with Crippen LogP contribution < -0.4 is 4.74 Å². The summed E-state index contributed by atoms with van der Waals surface area (Å²) in [5.74, 6) is 4.97. The Morgan fingerprint density at radius 2 is 2.03 bits per heavy atom. The molecule has 0 atom stereocenters. The number of benzene rings is 1. The Balaban J connectivity index is 0.000000804. The number of amidine groups is 1. The van der Waals surface area contributed by atoms with Crippen molar-refractivity contribution < 1.29 is 4.74 Å². The van der Waals surface area contributed by atoms with Crippen molar-refractivity contribution in [2.24, 2.45) is 4.99 Å². The van der Waals surface area contributed by atoms with Crippen LogP contribution in [-0.4, -0.2) is 28.8 Å². The van der Waals surface area contributed by atoms with Gasteiger partial charge in [0.05, 0.1) is 17.3 Å². The number of allylic oxidation sites excluding steroid dienone is 3. The lowest BCUT2D eigenvalue weighted by Gasteiger charge is -2.36. The third-order valence-corrected chi connectivity index (χ3v) is 4.23. The van der Waals surface area contributed by atoms with E-state index < -0.39 is 5.60 Å². The molecule has 0 saturated carbocycles. The molecule has 158 valence electrons. The van der Waals surface area contributed by atoms with Crippen molar-refractivity contribution in [3.8, 4) is 23.8 Å². The summed E-state index contributed by atoms with van der Waals surface area (Å²) < 4.78 is 6.07. The van der Waals surface area contributed by atoms with Crippen LogP contribution in [0.25, 0.3) is 5.70 Å². The van der Waals surface area contributed by atoms with E-state index in [0.717, 1.165) is 22.8 Å². The number of halogens is 1. The lowest BCUT2D eigenvalue weighted by molar-refractivity contribution is 0.156. The first kappa shape index (κ1) is 25.1. The number of ether oxygens (including phenoxy) is 1. The van der Waals surface area contributed by atoms with E-state index in [2.05, 4.69) is 40.9 Å². The molecule has 4 nitrogen and oxygen atoms in total. The maximum absolute atomic E-state index is 9.26. The van der Waals surface area contributed by atoms with E-state index in [9.17, 15) is 5.26 Å². The third kappa shape index (κ3) is 7.14. The van der Waals surface area contributed by atoms with E-state index >= 15 is 0 Å². The fourth-order valence-electron chi connectivity index (χ4n) is 2.83. The molecule has 1 aliphatic rings. The second kappa shape index (κ2) is 12.6. The number of hydrogen-bond acceptors (Lipinski definition) is 3. The molecule has 0 radical (unpaired) electrons. The van der Waals surface area contributed by atoms with Crippen LogP contribution in [0.15, 0.2) is 53.6 Å². The van der Waals surface area contributed by atoms with Gasteiger partial charge in [-0.1, -0.05) is 24.1 Å². The van der Waals surface area contributed by atoms with Crippen molar-refractivity contribution in [1.82, 2.24) is 4.90 Å². The summed E-state index contributed by atoms with van der Waals surface area (Å²) in [7, 11) is 0. The standard InChI is InChI=1S/C21H23N3O.C4H7Cl/c1-6-9-20(23-12-7-2)24(8-3)18-14-21(4,5)25-19-11-10-16(15-22)13-17(18)19;1-2-3-4-5/h6,9-11,13-14H,8H2,1-5H3;2-3H,4H2,1H3/b9-6+,23-20?;3-2-. The number of likely N-dealkylation sites (N-methyl/N-ethyl adjacent to an activating group) is 1. The molecule has 1 heterocycles. The van der Waals surface area contributed by atoms with Crippen LogP contribution in [0.1, 0.15) is 52.7 Å². The largest absolute Gasteiger partial charge is 0.483 e. The number of rotatable bonds is 4. The minimum absolute atomic E-state index is 0.457. The Morgan fingerprint density at radius 1 is 1.30 bits per heavy atom. The van der Waals surface area contributed by atoms with Crippen LogP contribution in [0.4, 0.5) is 0 Å². The molecule has 0 N–H and O–H groups in total. The second-order valence-electron chi connectivity index (χ2n) is 6.86. The first-order chi connectivity index (χ1) is 14.4. The highest BCUT2D eigenvalue weighted by Gasteiger charge is 2.30. The van der Waals surface area contributed by atoms with Crippen LogP contribution in [0.2, 0.25) is 0 Å². The van der Waals surface area contributed by atoms with Crippen LogP contribution in [0.3, 0.4) is 0 Å². The highest BCUT2D eigenvalue weighted by atomic mass is 35.5. The zero-order valence-electron chi connectivity index (χ0n) is 18.7. The SMILES string of the molecule is C/C=C\CCl.CC#CN=C(/C=C/C)N(CC)C1=CC(C)(C)Oc2ccc(C#N)cc21. The van der Waals surface area contributed by atoms with Crippen molar-refractivity contribution in [3.05, 3.63) is 59.7 Å². The molecule has 5 heteroatoms. The number of hydrogen-bond donors (Lipinski definition) is 0. The minimum atomic E-state index is -0.457. The molecule has 0 aromatic heterocycles. The normalized spacial score (nSPS) is 14.5. The first-order valence-corrected chi connectivity index (χ1v) is 10.4. The minimum Gasteiger partial charge on any atom is -0.483 e. The van der Waals surface area contributed by atoms with Crippen molar-refractivity contribution in [1.29, 1.82) is 5.26 Å². The van der Waals surface area contributed by atoms with Crippen molar-refractivity contribution in [2.75, 3.05) is 12.4 Å². The number of alkyl halides is 1. The summed E-state index contributed by atoms with van der Waals surface area (Å²) in [6, 6.07) is 10.5. The molecule has 0 amide bonds. The van der Waals surface area contributed by atoms with Gasteiger partial charge in [0.2, 0.25) is 0 Å². The topological polar surface area (TPSA) is 48.6 Å². The summed E-state index contributed by atoms with van der Waals surface area (Å²) >= 11 is 5.21. The van der Waals surface area contributed by atoms with Gasteiger partial charge in [-0.25, -0.2) is 0 Å². The molecule has 1 aliphatic heterocycles.